The van der Waals surface area contributed by atoms with Crippen LogP contribution in [-0.2, 0) is 30.7 Å². The van der Waals surface area contributed by atoms with Crippen molar-refractivity contribution in [3.05, 3.63) is 28.8 Å². The summed E-state index contributed by atoms with van der Waals surface area (Å²) >= 11 is 0. The van der Waals surface area contributed by atoms with Gasteiger partial charge in [0.05, 0.1) is 18.9 Å². The van der Waals surface area contributed by atoms with Gasteiger partial charge in [-0.3, -0.25) is 19.4 Å². The van der Waals surface area contributed by atoms with Gasteiger partial charge in [0.25, 0.3) is 0 Å². The molecule has 152 valence electrons. The summed E-state index contributed by atoms with van der Waals surface area (Å²) in [6, 6.07) is 3.11. The van der Waals surface area contributed by atoms with Gasteiger partial charge in [-0.2, -0.15) is 0 Å². The highest BCUT2D eigenvalue weighted by atomic mass is 31.2. The lowest BCUT2D eigenvalue weighted by Gasteiger charge is -2.30. The van der Waals surface area contributed by atoms with Crippen LogP contribution in [0.2, 0.25) is 0 Å². The van der Waals surface area contributed by atoms with E-state index in [0.717, 1.165) is 0 Å². The lowest BCUT2D eigenvalue weighted by Crippen LogP contribution is -2.25. The van der Waals surface area contributed by atoms with Crippen molar-refractivity contribution in [2.45, 2.75) is 52.9 Å². The van der Waals surface area contributed by atoms with E-state index in [0.29, 0.717) is 23.1 Å². The van der Waals surface area contributed by atoms with Crippen molar-refractivity contribution >= 4 is 19.8 Å². The molecule has 1 rings (SSSR count). The van der Waals surface area contributed by atoms with Gasteiger partial charge in [-0.1, -0.05) is 33.8 Å². The van der Waals surface area contributed by atoms with E-state index in [1.165, 1.54) is 6.07 Å². The van der Waals surface area contributed by atoms with Crippen LogP contribution in [0.1, 0.15) is 50.8 Å². The van der Waals surface area contributed by atoms with E-state index < -0.39 is 19.2 Å². The number of phosphoric acid groups is 1. The Morgan fingerprint density at radius 1 is 1.22 bits per heavy atom. The number of carboxylic acids is 1. The van der Waals surface area contributed by atoms with Crippen LogP contribution >= 0.6 is 7.82 Å². The molecule has 27 heavy (non-hydrogen) atoms. The second kappa shape index (κ2) is 8.87. The Kier molecular flexibility index (Phi) is 7.60. The van der Waals surface area contributed by atoms with Crippen LogP contribution in [0.5, 0.6) is 5.75 Å². The molecule has 0 aliphatic heterocycles. The average Bonchev–Trinajstić information content (AvgIpc) is 2.43. The summed E-state index contributed by atoms with van der Waals surface area (Å²) in [7, 11) is -4.85. The van der Waals surface area contributed by atoms with E-state index in [4.69, 9.17) is 9.26 Å². The highest BCUT2D eigenvalue weighted by Crippen LogP contribution is 2.45. The molecule has 3 N–H and O–H groups in total. The van der Waals surface area contributed by atoms with Crippen molar-refractivity contribution in [3.8, 4) is 5.75 Å². The monoisotopic (exact) mass is 402 g/mol. The largest absolute Gasteiger partial charge is 0.524 e. The quantitative estimate of drug-likeness (QED) is 0.424. The Morgan fingerprint density at radius 2 is 1.81 bits per heavy atom. The van der Waals surface area contributed by atoms with Gasteiger partial charge in [0, 0.05) is 5.56 Å². The molecule has 0 fully saturated rings. The van der Waals surface area contributed by atoms with Crippen LogP contribution < -0.4 is 4.52 Å². The number of esters is 1. The van der Waals surface area contributed by atoms with Gasteiger partial charge in [-0.25, -0.2) is 4.57 Å². The molecule has 0 radical (unpaired) electrons. The van der Waals surface area contributed by atoms with Crippen molar-refractivity contribution in [3.63, 3.8) is 0 Å². The van der Waals surface area contributed by atoms with E-state index in [-0.39, 0.29) is 30.7 Å². The van der Waals surface area contributed by atoms with Crippen LogP contribution in [0.3, 0.4) is 0 Å². The molecule has 0 aliphatic rings. The van der Waals surface area contributed by atoms with Gasteiger partial charge in [0.1, 0.15) is 5.75 Å². The maximum absolute atomic E-state index is 11.6. The van der Waals surface area contributed by atoms with Gasteiger partial charge < -0.3 is 14.4 Å². The standard InChI is InChI=1S/C18H27O8P/c1-11(2)17(21)25-7-6-18(4,5)16-13(10-15(19)20)8-12(3)9-14(16)26-27(22,23)24/h8-9,11H,6-7,10H2,1-5H3,(H,19,20)(H2,22,23,24). The number of carboxylic acid groups (broad SMARTS) is 1. The van der Waals surface area contributed by atoms with Crippen molar-refractivity contribution < 1.29 is 38.3 Å². The van der Waals surface area contributed by atoms with Crippen LogP contribution in [0, 0.1) is 12.8 Å². The summed E-state index contributed by atoms with van der Waals surface area (Å²) in [6.07, 6.45) is -0.0115. The third-order valence-electron chi connectivity index (χ3n) is 4.01. The average molecular weight is 402 g/mol. The van der Waals surface area contributed by atoms with E-state index >= 15 is 0 Å². The van der Waals surface area contributed by atoms with Crippen molar-refractivity contribution in [1.29, 1.82) is 0 Å². The Labute approximate surface area is 158 Å². The number of ether oxygens (including phenoxy) is 1. The Hall–Kier alpha value is -1.89. The van der Waals surface area contributed by atoms with Crippen LogP contribution in [-0.4, -0.2) is 33.4 Å². The number of aryl methyl sites for hydroxylation is 1. The van der Waals surface area contributed by atoms with Gasteiger partial charge in [-0.15, -0.1) is 0 Å². The number of aliphatic carboxylic acids is 1. The third-order valence-corrected chi connectivity index (χ3v) is 4.44. The number of carbonyl (C=O) groups is 2. The smallest absolute Gasteiger partial charge is 0.481 e. The first-order valence-corrected chi connectivity index (χ1v) is 10.0. The lowest BCUT2D eigenvalue weighted by molar-refractivity contribution is -0.147. The molecule has 0 heterocycles. The fraction of sp³-hybridized carbons (Fsp3) is 0.556. The number of rotatable bonds is 9. The molecule has 0 amide bonds. The zero-order valence-corrected chi connectivity index (χ0v) is 17.1. The maximum Gasteiger partial charge on any atom is 0.524 e. The zero-order chi connectivity index (χ0) is 21.0. The summed E-state index contributed by atoms with van der Waals surface area (Å²) in [4.78, 5) is 41.4. The molecule has 1 aromatic carbocycles. The van der Waals surface area contributed by atoms with Gasteiger partial charge in [0.2, 0.25) is 0 Å². The molecule has 9 heteroatoms. The molecule has 0 atom stereocenters. The molecule has 0 unspecified atom stereocenters. The SMILES string of the molecule is Cc1cc(CC(=O)O)c(C(C)(C)CCOC(=O)C(C)C)c(OP(=O)(O)O)c1. The Morgan fingerprint density at radius 3 is 2.30 bits per heavy atom. The fourth-order valence-corrected chi connectivity index (χ4v) is 3.20. The number of phosphoric ester groups is 1. The molecular weight excluding hydrogens is 375 g/mol. The van der Waals surface area contributed by atoms with Gasteiger partial charge in [-0.05, 0) is 36.0 Å². The van der Waals surface area contributed by atoms with E-state index in [1.54, 1.807) is 40.7 Å². The second-order valence-corrected chi connectivity index (χ2v) is 8.57. The highest BCUT2D eigenvalue weighted by Gasteiger charge is 2.31. The first-order valence-electron chi connectivity index (χ1n) is 8.50. The third kappa shape index (κ3) is 7.33. The van der Waals surface area contributed by atoms with E-state index in [1.807, 2.05) is 0 Å². The van der Waals surface area contributed by atoms with E-state index in [9.17, 15) is 29.0 Å². The summed E-state index contributed by atoms with van der Waals surface area (Å²) in [5, 5.41) is 9.22. The highest BCUT2D eigenvalue weighted by molar-refractivity contribution is 7.46. The fourth-order valence-electron chi connectivity index (χ4n) is 2.79. The minimum absolute atomic E-state index is 0.0697. The maximum atomic E-state index is 11.6. The molecule has 0 aromatic heterocycles. The predicted molar refractivity (Wildman–Crippen MR) is 98.6 cm³/mol. The van der Waals surface area contributed by atoms with Crippen LogP contribution in [0.25, 0.3) is 0 Å². The predicted octanol–water partition coefficient (Wildman–Crippen LogP) is 2.96. The molecular formula is C18H27O8P. The topological polar surface area (TPSA) is 130 Å². The number of carbonyl (C=O) groups excluding carboxylic acids is 1. The first-order chi connectivity index (χ1) is 12.2. The zero-order valence-electron chi connectivity index (χ0n) is 16.2. The molecule has 1 aromatic rings. The number of hydrogen-bond donors (Lipinski definition) is 3. The summed E-state index contributed by atoms with van der Waals surface area (Å²) in [6.45, 7) is 8.74. The van der Waals surface area contributed by atoms with Crippen molar-refractivity contribution in [2.24, 2.45) is 5.92 Å². The molecule has 0 bridgehead atoms. The second-order valence-electron chi connectivity index (χ2n) is 7.41. The summed E-state index contributed by atoms with van der Waals surface area (Å²) in [5.74, 6) is -1.78. The van der Waals surface area contributed by atoms with Crippen molar-refractivity contribution in [2.75, 3.05) is 6.61 Å². The molecule has 8 nitrogen and oxygen atoms in total. The molecule has 0 saturated heterocycles. The van der Waals surface area contributed by atoms with Gasteiger partial charge >= 0.3 is 19.8 Å². The molecule has 0 aliphatic carbocycles. The minimum Gasteiger partial charge on any atom is -0.481 e. The van der Waals surface area contributed by atoms with Gasteiger partial charge in [0.15, 0.2) is 0 Å². The first kappa shape index (κ1) is 23.1. The molecule has 0 spiro atoms. The van der Waals surface area contributed by atoms with Crippen LogP contribution in [0.15, 0.2) is 12.1 Å². The summed E-state index contributed by atoms with van der Waals surface area (Å²) < 4.78 is 21.4. The summed E-state index contributed by atoms with van der Waals surface area (Å²) in [5.41, 5.74) is 0.617. The Balaban J connectivity index is 3.31. The lowest BCUT2D eigenvalue weighted by atomic mass is 9.77. The number of benzene rings is 1. The van der Waals surface area contributed by atoms with E-state index in [2.05, 4.69) is 0 Å². The minimum atomic E-state index is -4.85. The van der Waals surface area contributed by atoms with Crippen molar-refractivity contribution in [1.82, 2.24) is 0 Å². The Bertz CT molecular complexity index is 748. The normalized spacial score (nSPS) is 12.1. The van der Waals surface area contributed by atoms with Crippen LogP contribution in [0.4, 0.5) is 0 Å². The molecule has 0 saturated carbocycles. The number of hydrogen-bond acceptors (Lipinski definition) is 5.